The van der Waals surface area contributed by atoms with Gasteiger partial charge in [-0.15, -0.1) is 12.4 Å². The Balaban J connectivity index is 0.00000289. The molecule has 2 heterocycles. The molecule has 2 aromatic rings. The summed E-state index contributed by atoms with van der Waals surface area (Å²) < 4.78 is 13.3. The smallest absolute Gasteiger partial charge is 0.231 e. The van der Waals surface area contributed by atoms with Crippen molar-refractivity contribution in [3.63, 3.8) is 0 Å². The second-order valence-electron chi connectivity index (χ2n) is 8.89. The fourth-order valence-corrected chi connectivity index (χ4v) is 4.75. The maximum absolute atomic E-state index is 13.3. The molecule has 1 amide bonds. The van der Waals surface area contributed by atoms with Gasteiger partial charge in [-0.3, -0.25) is 9.59 Å². The van der Waals surface area contributed by atoms with Crippen molar-refractivity contribution in [2.45, 2.75) is 51.4 Å². The van der Waals surface area contributed by atoms with Crippen LogP contribution in [0, 0.1) is 5.82 Å². The Morgan fingerprint density at radius 2 is 1.91 bits per heavy atom. The standard InChI is InChI=1S/C26H31FN2O2.ClH/c1-28(14-11-19-7-5-9-23(27)15-19)12-4-2-3-10-24(30)21-16-20-8-6-13-29-25(31)18-22(17-21)26(20)29;/h5,7,9,15-17H,2-4,6,8,10-14,18H2,1H3;1H. The summed E-state index contributed by atoms with van der Waals surface area (Å²) in [5.41, 5.74) is 5.07. The summed E-state index contributed by atoms with van der Waals surface area (Å²) >= 11 is 0. The fraction of sp³-hybridized carbons (Fsp3) is 0.462. The molecule has 2 aliphatic rings. The van der Waals surface area contributed by atoms with E-state index in [4.69, 9.17) is 0 Å². The van der Waals surface area contributed by atoms with Gasteiger partial charge in [0.05, 0.1) is 12.1 Å². The zero-order valence-electron chi connectivity index (χ0n) is 18.7. The number of benzene rings is 2. The normalized spacial score (nSPS) is 14.5. The van der Waals surface area contributed by atoms with Gasteiger partial charge in [0.25, 0.3) is 0 Å². The summed E-state index contributed by atoms with van der Waals surface area (Å²) in [6.45, 7) is 2.68. The van der Waals surface area contributed by atoms with Crippen LogP contribution >= 0.6 is 12.4 Å². The first-order valence-corrected chi connectivity index (χ1v) is 11.4. The molecule has 0 bridgehead atoms. The van der Waals surface area contributed by atoms with Crippen LogP contribution in [0.25, 0.3) is 0 Å². The van der Waals surface area contributed by atoms with Crippen LogP contribution in [0.15, 0.2) is 36.4 Å². The van der Waals surface area contributed by atoms with E-state index in [1.54, 1.807) is 12.1 Å². The third-order valence-corrected chi connectivity index (χ3v) is 6.45. The summed E-state index contributed by atoms with van der Waals surface area (Å²) in [7, 11) is 2.09. The highest BCUT2D eigenvalue weighted by molar-refractivity contribution is 6.05. The Bertz CT molecular complexity index is 978. The largest absolute Gasteiger partial charge is 0.312 e. The van der Waals surface area contributed by atoms with Gasteiger partial charge < -0.3 is 9.80 Å². The van der Waals surface area contributed by atoms with E-state index in [0.717, 1.165) is 86.1 Å². The maximum Gasteiger partial charge on any atom is 0.231 e. The highest BCUT2D eigenvalue weighted by atomic mass is 35.5. The summed E-state index contributed by atoms with van der Waals surface area (Å²) in [5, 5.41) is 0. The predicted octanol–water partition coefficient (Wildman–Crippen LogP) is 5.00. The maximum atomic E-state index is 13.3. The van der Waals surface area contributed by atoms with Crippen LogP contribution in [0.1, 0.15) is 59.2 Å². The predicted molar refractivity (Wildman–Crippen MR) is 128 cm³/mol. The molecule has 0 unspecified atom stereocenters. The molecule has 2 aromatic carbocycles. The van der Waals surface area contributed by atoms with Gasteiger partial charge in [-0.2, -0.15) is 0 Å². The highest BCUT2D eigenvalue weighted by Crippen LogP contribution is 2.37. The van der Waals surface area contributed by atoms with E-state index in [-0.39, 0.29) is 29.9 Å². The first-order chi connectivity index (χ1) is 15.0. The Morgan fingerprint density at radius 1 is 1.09 bits per heavy atom. The number of ketones is 1. The Morgan fingerprint density at radius 3 is 2.72 bits per heavy atom. The molecule has 0 atom stereocenters. The van der Waals surface area contributed by atoms with Gasteiger partial charge in [-0.25, -0.2) is 4.39 Å². The van der Waals surface area contributed by atoms with Crippen molar-refractivity contribution in [1.29, 1.82) is 0 Å². The molecule has 0 saturated heterocycles. The lowest BCUT2D eigenvalue weighted by molar-refractivity contribution is -0.117. The van der Waals surface area contributed by atoms with E-state index >= 15 is 0 Å². The van der Waals surface area contributed by atoms with E-state index < -0.39 is 0 Å². The number of halogens is 2. The average molecular weight is 459 g/mol. The first-order valence-electron chi connectivity index (χ1n) is 11.4. The van der Waals surface area contributed by atoms with E-state index in [1.165, 1.54) is 6.07 Å². The summed E-state index contributed by atoms with van der Waals surface area (Å²) in [6, 6.07) is 10.8. The minimum absolute atomic E-state index is 0. The molecule has 0 saturated carbocycles. The quantitative estimate of drug-likeness (QED) is 0.371. The number of unbranched alkanes of at least 4 members (excludes halogenated alkanes) is 2. The van der Waals surface area contributed by atoms with Gasteiger partial charge in [0.2, 0.25) is 5.91 Å². The number of rotatable bonds is 10. The fourth-order valence-electron chi connectivity index (χ4n) is 4.75. The van der Waals surface area contributed by atoms with Crippen LogP contribution in [-0.2, 0) is 24.1 Å². The van der Waals surface area contributed by atoms with Crippen LogP contribution < -0.4 is 4.90 Å². The molecule has 0 spiro atoms. The molecule has 2 aliphatic heterocycles. The second-order valence-corrected chi connectivity index (χ2v) is 8.89. The second kappa shape index (κ2) is 11.1. The molecule has 0 aliphatic carbocycles. The summed E-state index contributed by atoms with van der Waals surface area (Å²) in [5.74, 6) is 0.179. The van der Waals surface area contributed by atoms with Gasteiger partial charge >= 0.3 is 0 Å². The molecule has 0 N–H and O–H groups in total. The van der Waals surface area contributed by atoms with Crippen molar-refractivity contribution in [3.05, 3.63) is 64.5 Å². The molecule has 0 aromatic heterocycles. The lowest BCUT2D eigenvalue weighted by atomic mass is 9.94. The molecule has 172 valence electrons. The van der Waals surface area contributed by atoms with E-state index in [2.05, 4.69) is 11.9 Å². The van der Waals surface area contributed by atoms with Crippen molar-refractivity contribution in [3.8, 4) is 0 Å². The van der Waals surface area contributed by atoms with Gasteiger partial charge in [-0.1, -0.05) is 18.6 Å². The molecule has 6 heteroatoms. The van der Waals surface area contributed by atoms with Gasteiger partial charge in [0.1, 0.15) is 5.82 Å². The number of anilines is 1. The lowest BCUT2D eigenvalue weighted by Gasteiger charge is -2.25. The van der Waals surface area contributed by atoms with Crippen LogP contribution in [-0.4, -0.2) is 43.3 Å². The minimum Gasteiger partial charge on any atom is -0.312 e. The molecule has 0 fully saturated rings. The van der Waals surface area contributed by atoms with E-state index in [0.29, 0.717) is 12.8 Å². The number of Topliss-reactive ketones (excluding diaryl/α,β-unsaturated/α-hetero) is 1. The Hall–Kier alpha value is -2.24. The van der Waals surface area contributed by atoms with Gasteiger partial charge in [-0.05, 0) is 86.7 Å². The third kappa shape index (κ3) is 5.76. The minimum atomic E-state index is -0.179. The third-order valence-electron chi connectivity index (χ3n) is 6.45. The Kier molecular flexibility index (Phi) is 8.44. The molecule has 4 rings (SSSR count). The zero-order valence-corrected chi connectivity index (χ0v) is 19.6. The lowest BCUT2D eigenvalue weighted by Crippen LogP contribution is -2.31. The van der Waals surface area contributed by atoms with Crippen molar-refractivity contribution < 1.29 is 14.0 Å². The van der Waals surface area contributed by atoms with Crippen LogP contribution in [0.5, 0.6) is 0 Å². The topological polar surface area (TPSA) is 40.6 Å². The average Bonchev–Trinajstić information content (AvgIpc) is 3.08. The number of aryl methyl sites for hydroxylation is 1. The van der Waals surface area contributed by atoms with Crippen molar-refractivity contribution >= 4 is 29.8 Å². The van der Waals surface area contributed by atoms with Crippen molar-refractivity contribution in [2.24, 2.45) is 0 Å². The van der Waals surface area contributed by atoms with Gasteiger partial charge in [0, 0.05) is 25.1 Å². The van der Waals surface area contributed by atoms with E-state index in [1.807, 2.05) is 23.1 Å². The number of likely N-dealkylation sites (N-methyl/N-ethyl adjacent to an activating group) is 1. The molecule has 4 nitrogen and oxygen atoms in total. The number of carbonyl (C=O) groups excluding carboxylic acids is 2. The van der Waals surface area contributed by atoms with E-state index in [9.17, 15) is 14.0 Å². The number of carbonyl (C=O) groups is 2. The number of nitrogens with zero attached hydrogens (tertiary/aromatic N) is 2. The zero-order chi connectivity index (χ0) is 21.8. The SMILES string of the molecule is CN(CCCCCC(=O)c1cc2c3c(c1)CC(=O)N3CCC2)CCc1cccc(F)c1.Cl. The first kappa shape index (κ1) is 24.4. The van der Waals surface area contributed by atoms with Crippen molar-refractivity contribution in [2.75, 3.05) is 31.6 Å². The van der Waals surface area contributed by atoms with Crippen LogP contribution in [0.2, 0.25) is 0 Å². The molecular weight excluding hydrogens is 427 g/mol. The van der Waals surface area contributed by atoms with Crippen LogP contribution in [0.4, 0.5) is 10.1 Å². The molecular formula is C26H32ClFN2O2. The molecule has 0 radical (unpaired) electrons. The Labute approximate surface area is 196 Å². The number of amides is 1. The van der Waals surface area contributed by atoms with Crippen molar-refractivity contribution in [1.82, 2.24) is 4.90 Å². The molecule has 32 heavy (non-hydrogen) atoms. The monoisotopic (exact) mass is 458 g/mol. The van der Waals surface area contributed by atoms with Gasteiger partial charge in [0.15, 0.2) is 5.78 Å². The summed E-state index contributed by atoms with van der Waals surface area (Å²) in [4.78, 5) is 29.1. The van der Waals surface area contributed by atoms with Crippen LogP contribution in [0.3, 0.4) is 0 Å². The summed E-state index contributed by atoms with van der Waals surface area (Å²) in [6.07, 6.45) is 6.71. The number of hydrogen-bond acceptors (Lipinski definition) is 3. The highest BCUT2D eigenvalue weighted by Gasteiger charge is 2.32. The number of hydrogen-bond donors (Lipinski definition) is 0.